The van der Waals surface area contributed by atoms with Crippen molar-refractivity contribution in [3.63, 3.8) is 0 Å². The molecule has 3 rings (SSSR count). The monoisotopic (exact) mass is 311 g/mol. The molecule has 0 bridgehead atoms. The number of carbonyl (C=O) groups excluding carboxylic acids is 1. The van der Waals surface area contributed by atoms with Crippen LogP contribution in [0.3, 0.4) is 0 Å². The number of hydrogen-bond acceptors (Lipinski definition) is 4. The quantitative estimate of drug-likeness (QED) is 0.929. The highest BCUT2D eigenvalue weighted by Gasteiger charge is 2.21. The fraction of sp³-hybridized carbons (Fsp3) is 0.294. The fourth-order valence-corrected chi connectivity index (χ4v) is 2.81. The molecule has 1 aliphatic heterocycles. The number of aryl methyl sites for hydroxylation is 1. The molecule has 0 atom stereocenters. The van der Waals surface area contributed by atoms with E-state index >= 15 is 0 Å². The van der Waals surface area contributed by atoms with Gasteiger partial charge in [0.25, 0.3) is 0 Å². The van der Waals surface area contributed by atoms with Gasteiger partial charge in [-0.05, 0) is 30.0 Å². The molecule has 0 saturated heterocycles. The van der Waals surface area contributed by atoms with Gasteiger partial charge < -0.3 is 10.0 Å². The van der Waals surface area contributed by atoms with Gasteiger partial charge in [-0.2, -0.15) is 0 Å². The van der Waals surface area contributed by atoms with Crippen LogP contribution >= 0.6 is 0 Å². The number of amides is 1. The molecule has 23 heavy (non-hydrogen) atoms. The van der Waals surface area contributed by atoms with E-state index in [1.54, 1.807) is 35.4 Å². The zero-order valence-electron chi connectivity index (χ0n) is 12.6. The van der Waals surface area contributed by atoms with Crippen molar-refractivity contribution in [2.24, 2.45) is 0 Å². The standard InChI is InChI=1S/C17H17N3O3/c21-16(6-5-12-3-1-2-4-14(12)17(22)23)20-8-7-13-9-18-11-19-15(13)10-20/h1-4,9,11H,5-8,10H2,(H,22,23). The third kappa shape index (κ3) is 3.36. The zero-order valence-corrected chi connectivity index (χ0v) is 12.6. The molecular weight excluding hydrogens is 294 g/mol. The van der Waals surface area contributed by atoms with Crippen molar-refractivity contribution >= 4 is 11.9 Å². The Labute approximate surface area is 133 Å². The summed E-state index contributed by atoms with van der Waals surface area (Å²) >= 11 is 0. The van der Waals surface area contributed by atoms with Crippen molar-refractivity contribution in [3.05, 3.63) is 59.2 Å². The van der Waals surface area contributed by atoms with Crippen LogP contribution in [0.25, 0.3) is 0 Å². The second-order valence-electron chi connectivity index (χ2n) is 5.52. The minimum atomic E-state index is -0.961. The molecule has 0 spiro atoms. The molecule has 6 heteroatoms. The number of hydrogen-bond donors (Lipinski definition) is 1. The van der Waals surface area contributed by atoms with E-state index in [9.17, 15) is 14.7 Å². The lowest BCUT2D eigenvalue weighted by Gasteiger charge is -2.27. The Kier molecular flexibility index (Phi) is 4.32. The number of aromatic nitrogens is 2. The van der Waals surface area contributed by atoms with E-state index in [1.807, 2.05) is 0 Å². The number of carboxylic acids is 1. The second-order valence-corrected chi connectivity index (χ2v) is 5.52. The summed E-state index contributed by atoms with van der Waals surface area (Å²) in [5.41, 5.74) is 2.93. The van der Waals surface area contributed by atoms with Gasteiger partial charge >= 0.3 is 5.97 Å². The van der Waals surface area contributed by atoms with E-state index in [0.29, 0.717) is 31.5 Å². The number of carboxylic acid groups (broad SMARTS) is 1. The first-order valence-corrected chi connectivity index (χ1v) is 7.52. The summed E-state index contributed by atoms with van der Waals surface area (Å²) in [6.45, 7) is 1.15. The van der Waals surface area contributed by atoms with Crippen molar-refractivity contribution in [2.75, 3.05) is 6.54 Å². The molecule has 0 aliphatic carbocycles. The summed E-state index contributed by atoms with van der Waals surface area (Å²) in [7, 11) is 0. The highest BCUT2D eigenvalue weighted by Crippen LogP contribution is 2.17. The SMILES string of the molecule is O=C(O)c1ccccc1CCC(=O)N1CCc2cncnc2C1. The lowest BCUT2D eigenvalue weighted by atomic mass is 10.0. The Bertz CT molecular complexity index is 745. The highest BCUT2D eigenvalue weighted by atomic mass is 16.4. The molecule has 0 fully saturated rings. The first kappa shape index (κ1) is 15.1. The van der Waals surface area contributed by atoms with E-state index in [0.717, 1.165) is 17.7 Å². The molecule has 1 aliphatic rings. The zero-order chi connectivity index (χ0) is 16.2. The Morgan fingerprint density at radius 1 is 1.26 bits per heavy atom. The van der Waals surface area contributed by atoms with Gasteiger partial charge in [0, 0.05) is 19.2 Å². The lowest BCUT2D eigenvalue weighted by Crippen LogP contribution is -2.36. The van der Waals surface area contributed by atoms with Crippen LogP contribution in [0.2, 0.25) is 0 Å². The molecule has 6 nitrogen and oxygen atoms in total. The summed E-state index contributed by atoms with van der Waals surface area (Å²) in [4.78, 5) is 33.6. The van der Waals surface area contributed by atoms with Crippen molar-refractivity contribution in [1.29, 1.82) is 0 Å². The summed E-state index contributed by atoms with van der Waals surface area (Å²) in [6.07, 6.45) is 4.77. The van der Waals surface area contributed by atoms with Gasteiger partial charge in [-0.3, -0.25) is 4.79 Å². The fourth-order valence-electron chi connectivity index (χ4n) is 2.81. The maximum Gasteiger partial charge on any atom is 0.335 e. The van der Waals surface area contributed by atoms with Crippen LogP contribution in [0, 0.1) is 0 Å². The third-order valence-corrected chi connectivity index (χ3v) is 4.08. The molecule has 2 heterocycles. The van der Waals surface area contributed by atoms with Crippen LogP contribution in [0.5, 0.6) is 0 Å². The first-order chi connectivity index (χ1) is 11.1. The van der Waals surface area contributed by atoms with Gasteiger partial charge in [0.05, 0.1) is 17.8 Å². The van der Waals surface area contributed by atoms with E-state index in [2.05, 4.69) is 9.97 Å². The Hall–Kier alpha value is -2.76. The van der Waals surface area contributed by atoms with Gasteiger partial charge in [-0.15, -0.1) is 0 Å². The minimum absolute atomic E-state index is 0.0226. The van der Waals surface area contributed by atoms with Crippen LogP contribution in [0.1, 0.15) is 33.6 Å². The van der Waals surface area contributed by atoms with Gasteiger partial charge in [0.1, 0.15) is 6.33 Å². The van der Waals surface area contributed by atoms with Crippen LogP contribution in [-0.2, 0) is 24.2 Å². The third-order valence-electron chi connectivity index (χ3n) is 4.08. The van der Waals surface area contributed by atoms with Crippen molar-refractivity contribution in [2.45, 2.75) is 25.8 Å². The predicted octanol–water partition coefficient (Wildman–Crippen LogP) is 1.69. The predicted molar refractivity (Wildman–Crippen MR) is 82.9 cm³/mol. The summed E-state index contributed by atoms with van der Waals surface area (Å²) < 4.78 is 0. The summed E-state index contributed by atoms with van der Waals surface area (Å²) in [6, 6.07) is 6.81. The van der Waals surface area contributed by atoms with Gasteiger partial charge in [-0.1, -0.05) is 18.2 Å². The number of aromatic carboxylic acids is 1. The number of nitrogens with zero attached hydrogens (tertiary/aromatic N) is 3. The molecule has 1 aromatic carbocycles. The number of rotatable bonds is 4. The average molecular weight is 311 g/mol. The van der Waals surface area contributed by atoms with Crippen molar-refractivity contribution < 1.29 is 14.7 Å². The molecule has 2 aromatic rings. The van der Waals surface area contributed by atoms with Crippen LogP contribution in [-0.4, -0.2) is 38.4 Å². The van der Waals surface area contributed by atoms with E-state index in [4.69, 9.17) is 0 Å². The largest absolute Gasteiger partial charge is 0.478 e. The van der Waals surface area contributed by atoms with E-state index in [1.165, 1.54) is 6.33 Å². The van der Waals surface area contributed by atoms with E-state index < -0.39 is 5.97 Å². The van der Waals surface area contributed by atoms with E-state index in [-0.39, 0.29) is 11.5 Å². The minimum Gasteiger partial charge on any atom is -0.478 e. The van der Waals surface area contributed by atoms with Gasteiger partial charge in [-0.25, -0.2) is 14.8 Å². The number of fused-ring (bicyclic) bond motifs is 1. The Morgan fingerprint density at radius 2 is 2.09 bits per heavy atom. The van der Waals surface area contributed by atoms with Crippen molar-refractivity contribution in [1.82, 2.24) is 14.9 Å². The van der Waals surface area contributed by atoms with Crippen molar-refractivity contribution in [3.8, 4) is 0 Å². The lowest BCUT2D eigenvalue weighted by molar-refractivity contribution is -0.132. The maximum atomic E-state index is 12.4. The first-order valence-electron chi connectivity index (χ1n) is 7.52. The second kappa shape index (κ2) is 6.56. The number of carbonyl (C=O) groups is 2. The van der Waals surface area contributed by atoms with Crippen LogP contribution in [0.15, 0.2) is 36.8 Å². The van der Waals surface area contributed by atoms with Gasteiger partial charge in [0.15, 0.2) is 0 Å². The number of benzene rings is 1. The molecule has 0 unspecified atom stereocenters. The Morgan fingerprint density at radius 3 is 2.91 bits per heavy atom. The average Bonchev–Trinajstić information content (AvgIpc) is 2.59. The molecule has 1 amide bonds. The maximum absolute atomic E-state index is 12.4. The van der Waals surface area contributed by atoms with Gasteiger partial charge in [0.2, 0.25) is 5.91 Å². The molecule has 118 valence electrons. The summed E-state index contributed by atoms with van der Waals surface area (Å²) in [5, 5.41) is 9.18. The normalized spacial score (nSPS) is 13.5. The molecular formula is C17H17N3O3. The molecule has 0 radical (unpaired) electrons. The Balaban J connectivity index is 1.64. The van der Waals surface area contributed by atoms with Crippen LogP contribution in [0.4, 0.5) is 0 Å². The molecule has 0 saturated carbocycles. The molecule has 1 aromatic heterocycles. The smallest absolute Gasteiger partial charge is 0.335 e. The molecule has 1 N–H and O–H groups in total. The van der Waals surface area contributed by atoms with Crippen LogP contribution < -0.4 is 0 Å². The highest BCUT2D eigenvalue weighted by molar-refractivity contribution is 5.89. The topological polar surface area (TPSA) is 83.4 Å². The summed E-state index contributed by atoms with van der Waals surface area (Å²) in [5.74, 6) is -0.939.